The molecule has 0 fully saturated rings. The second kappa shape index (κ2) is 5.31. The minimum Gasteiger partial charge on any atom is -0.453 e. The van der Waals surface area contributed by atoms with Crippen molar-refractivity contribution in [1.29, 1.82) is 0 Å². The molecule has 0 saturated carbocycles. The predicted molar refractivity (Wildman–Crippen MR) is 72.7 cm³/mol. The molecule has 96 valence electrons. The van der Waals surface area contributed by atoms with Crippen molar-refractivity contribution >= 4 is 29.1 Å². The van der Waals surface area contributed by atoms with Crippen LogP contribution in [0.3, 0.4) is 0 Å². The van der Waals surface area contributed by atoms with E-state index in [1.165, 1.54) is 7.11 Å². The Balaban J connectivity index is 2.37. The van der Waals surface area contributed by atoms with Gasteiger partial charge in [-0.2, -0.15) is 0 Å². The van der Waals surface area contributed by atoms with Crippen LogP contribution in [0.1, 0.15) is 18.9 Å². The standard InChI is InChI=1S/C13H15ClN2O2/c1-3-9-7-12(16-13(17)18-2)10-6-8(14)4-5-11(10)15-9/h4-7,9,15H,3H2,1-2H3,(H,16,17)/t9-/m1/s1. The summed E-state index contributed by atoms with van der Waals surface area (Å²) in [6.07, 6.45) is 2.41. The van der Waals surface area contributed by atoms with E-state index in [0.717, 1.165) is 23.4 Å². The molecule has 0 radical (unpaired) electrons. The number of nitrogens with one attached hydrogen (secondary N) is 2. The number of fused-ring (bicyclic) bond motifs is 1. The molecule has 0 bridgehead atoms. The van der Waals surface area contributed by atoms with Crippen molar-refractivity contribution in [3.05, 3.63) is 34.9 Å². The number of methoxy groups -OCH3 is 1. The van der Waals surface area contributed by atoms with Gasteiger partial charge >= 0.3 is 6.09 Å². The molecule has 2 rings (SSSR count). The monoisotopic (exact) mass is 266 g/mol. The van der Waals surface area contributed by atoms with Crippen LogP contribution in [-0.4, -0.2) is 19.2 Å². The Morgan fingerprint density at radius 1 is 1.56 bits per heavy atom. The van der Waals surface area contributed by atoms with Gasteiger partial charge in [-0.25, -0.2) is 4.79 Å². The summed E-state index contributed by atoms with van der Waals surface area (Å²) in [5, 5.41) is 6.71. The van der Waals surface area contributed by atoms with Crippen LogP contribution >= 0.6 is 11.6 Å². The van der Waals surface area contributed by atoms with Crippen LogP contribution in [0, 0.1) is 0 Å². The van der Waals surface area contributed by atoms with E-state index in [9.17, 15) is 4.79 Å². The molecule has 1 atom stereocenters. The lowest BCUT2D eigenvalue weighted by molar-refractivity contribution is 0.176. The zero-order chi connectivity index (χ0) is 13.1. The lowest BCUT2D eigenvalue weighted by Crippen LogP contribution is -2.28. The normalized spacial score (nSPS) is 17.3. The van der Waals surface area contributed by atoms with Crippen molar-refractivity contribution in [1.82, 2.24) is 5.32 Å². The predicted octanol–water partition coefficient (Wildman–Crippen LogP) is 3.24. The quantitative estimate of drug-likeness (QED) is 0.864. The van der Waals surface area contributed by atoms with Crippen LogP contribution in [0.2, 0.25) is 5.02 Å². The van der Waals surface area contributed by atoms with Crippen LogP contribution in [-0.2, 0) is 4.74 Å². The number of hydrogen-bond donors (Lipinski definition) is 2. The van der Waals surface area contributed by atoms with Gasteiger partial charge in [0.05, 0.1) is 12.8 Å². The van der Waals surface area contributed by atoms with E-state index in [1.807, 2.05) is 24.3 Å². The highest BCUT2D eigenvalue weighted by Crippen LogP contribution is 2.31. The summed E-state index contributed by atoms with van der Waals surface area (Å²) in [6.45, 7) is 2.07. The number of rotatable bonds is 2. The van der Waals surface area contributed by atoms with Crippen molar-refractivity contribution < 1.29 is 9.53 Å². The van der Waals surface area contributed by atoms with Crippen LogP contribution < -0.4 is 10.6 Å². The van der Waals surface area contributed by atoms with Gasteiger partial charge in [-0.15, -0.1) is 0 Å². The summed E-state index contributed by atoms with van der Waals surface area (Å²) < 4.78 is 4.62. The van der Waals surface area contributed by atoms with Gasteiger partial charge in [0.15, 0.2) is 0 Å². The molecule has 1 aliphatic heterocycles. The maximum absolute atomic E-state index is 11.3. The Morgan fingerprint density at radius 3 is 3.00 bits per heavy atom. The maximum atomic E-state index is 11.3. The van der Waals surface area contributed by atoms with Crippen molar-refractivity contribution in [3.8, 4) is 0 Å². The average Bonchev–Trinajstić information content (AvgIpc) is 2.38. The van der Waals surface area contributed by atoms with Crippen molar-refractivity contribution in [2.75, 3.05) is 12.4 Å². The van der Waals surface area contributed by atoms with E-state index >= 15 is 0 Å². The number of ether oxygens (including phenoxy) is 1. The van der Waals surface area contributed by atoms with Crippen LogP contribution in [0.25, 0.3) is 5.70 Å². The summed E-state index contributed by atoms with van der Waals surface area (Å²) in [6, 6.07) is 5.73. The Morgan fingerprint density at radius 2 is 2.33 bits per heavy atom. The zero-order valence-corrected chi connectivity index (χ0v) is 11.0. The first kappa shape index (κ1) is 12.8. The molecule has 0 saturated heterocycles. The topological polar surface area (TPSA) is 50.4 Å². The lowest BCUT2D eigenvalue weighted by atomic mass is 10.0. The summed E-state index contributed by atoms with van der Waals surface area (Å²) in [4.78, 5) is 11.3. The van der Waals surface area contributed by atoms with E-state index < -0.39 is 6.09 Å². The number of halogens is 1. The zero-order valence-electron chi connectivity index (χ0n) is 10.3. The van der Waals surface area contributed by atoms with Crippen LogP contribution in [0.5, 0.6) is 0 Å². The molecule has 1 aromatic rings. The number of benzene rings is 1. The van der Waals surface area contributed by atoms with Crippen molar-refractivity contribution in [2.24, 2.45) is 0 Å². The number of hydrogen-bond acceptors (Lipinski definition) is 3. The molecule has 0 aliphatic carbocycles. The van der Waals surface area contributed by atoms with E-state index in [2.05, 4.69) is 22.3 Å². The number of carbonyl (C=O) groups is 1. The fourth-order valence-electron chi connectivity index (χ4n) is 1.89. The Bertz CT molecular complexity index is 500. The molecule has 1 aliphatic rings. The number of amides is 1. The molecule has 18 heavy (non-hydrogen) atoms. The van der Waals surface area contributed by atoms with Gasteiger partial charge in [0.25, 0.3) is 0 Å². The molecule has 1 amide bonds. The minimum absolute atomic E-state index is 0.186. The van der Waals surface area contributed by atoms with Crippen molar-refractivity contribution in [2.45, 2.75) is 19.4 Å². The number of alkyl carbamates (subject to hydrolysis) is 1. The highest BCUT2D eigenvalue weighted by molar-refractivity contribution is 6.30. The molecular formula is C13H15ClN2O2. The molecule has 1 heterocycles. The maximum Gasteiger partial charge on any atom is 0.411 e. The molecule has 0 unspecified atom stereocenters. The van der Waals surface area contributed by atoms with E-state index in [1.54, 1.807) is 0 Å². The number of carbonyl (C=O) groups excluding carboxylic acids is 1. The second-order valence-electron chi connectivity index (χ2n) is 4.05. The molecular weight excluding hydrogens is 252 g/mol. The van der Waals surface area contributed by atoms with Gasteiger partial charge < -0.3 is 10.1 Å². The minimum atomic E-state index is -0.482. The Kier molecular flexibility index (Phi) is 3.77. The third-order valence-electron chi connectivity index (χ3n) is 2.84. The van der Waals surface area contributed by atoms with Gasteiger partial charge in [0, 0.05) is 22.3 Å². The largest absolute Gasteiger partial charge is 0.453 e. The molecule has 5 heteroatoms. The summed E-state index contributed by atoms with van der Waals surface area (Å²) in [7, 11) is 1.34. The fourth-order valence-corrected chi connectivity index (χ4v) is 2.06. The molecule has 0 aromatic heterocycles. The summed E-state index contributed by atoms with van der Waals surface area (Å²) in [5.41, 5.74) is 2.56. The van der Waals surface area contributed by atoms with Gasteiger partial charge in [0.1, 0.15) is 0 Å². The highest BCUT2D eigenvalue weighted by atomic mass is 35.5. The van der Waals surface area contributed by atoms with E-state index in [4.69, 9.17) is 11.6 Å². The first-order chi connectivity index (χ1) is 8.63. The van der Waals surface area contributed by atoms with E-state index in [-0.39, 0.29) is 6.04 Å². The molecule has 4 nitrogen and oxygen atoms in total. The smallest absolute Gasteiger partial charge is 0.411 e. The summed E-state index contributed by atoms with van der Waals surface area (Å²) in [5.74, 6) is 0. The lowest BCUT2D eigenvalue weighted by Gasteiger charge is -2.25. The third kappa shape index (κ3) is 2.59. The number of anilines is 1. The average molecular weight is 267 g/mol. The summed E-state index contributed by atoms with van der Waals surface area (Å²) >= 11 is 5.98. The van der Waals surface area contributed by atoms with Gasteiger partial charge in [0.2, 0.25) is 0 Å². The van der Waals surface area contributed by atoms with Crippen LogP contribution in [0.15, 0.2) is 24.3 Å². The Labute approximate surface area is 111 Å². The third-order valence-corrected chi connectivity index (χ3v) is 3.08. The Hall–Kier alpha value is -1.68. The van der Waals surface area contributed by atoms with Gasteiger partial charge in [-0.3, -0.25) is 5.32 Å². The van der Waals surface area contributed by atoms with Crippen molar-refractivity contribution in [3.63, 3.8) is 0 Å². The first-order valence-electron chi connectivity index (χ1n) is 5.77. The van der Waals surface area contributed by atoms with Gasteiger partial charge in [-0.05, 0) is 30.7 Å². The highest BCUT2D eigenvalue weighted by Gasteiger charge is 2.19. The molecule has 2 N–H and O–H groups in total. The van der Waals surface area contributed by atoms with E-state index in [0.29, 0.717) is 5.02 Å². The van der Waals surface area contributed by atoms with Crippen LogP contribution in [0.4, 0.5) is 10.5 Å². The first-order valence-corrected chi connectivity index (χ1v) is 6.15. The van der Waals surface area contributed by atoms with Gasteiger partial charge in [-0.1, -0.05) is 18.5 Å². The second-order valence-corrected chi connectivity index (χ2v) is 4.48. The molecule has 1 aromatic carbocycles. The molecule has 0 spiro atoms. The SMILES string of the molecule is CC[C@@H]1C=C(NC(=O)OC)c2cc(Cl)ccc2N1. The fraction of sp³-hybridized carbons (Fsp3) is 0.308.